The average Bonchev–Trinajstić information content (AvgIpc) is 3.41. The van der Waals surface area contributed by atoms with E-state index in [1.54, 1.807) is 7.05 Å². The summed E-state index contributed by atoms with van der Waals surface area (Å²) in [6, 6.07) is 7.77. The van der Waals surface area contributed by atoms with E-state index < -0.39 is 0 Å². The van der Waals surface area contributed by atoms with Crippen molar-refractivity contribution in [2.75, 3.05) is 24.6 Å². The molecule has 0 spiro atoms. The van der Waals surface area contributed by atoms with Crippen LogP contribution < -0.4 is 15.2 Å². The van der Waals surface area contributed by atoms with Crippen LogP contribution in [0, 0.1) is 5.92 Å². The van der Waals surface area contributed by atoms with Crippen LogP contribution in [0.15, 0.2) is 29.1 Å². The van der Waals surface area contributed by atoms with Gasteiger partial charge in [0.25, 0.3) is 5.56 Å². The number of rotatable bonds is 5. The van der Waals surface area contributed by atoms with Gasteiger partial charge in [0.2, 0.25) is 0 Å². The van der Waals surface area contributed by atoms with Crippen molar-refractivity contribution in [3.05, 3.63) is 34.6 Å². The summed E-state index contributed by atoms with van der Waals surface area (Å²) in [5.41, 5.74) is 2.66. The molecule has 3 heterocycles. The number of anilines is 1. The Labute approximate surface area is 180 Å². The second kappa shape index (κ2) is 7.67. The molecular weight excluding hydrogens is 394 g/mol. The molecule has 2 fully saturated rings. The number of hydrogen-bond acceptors (Lipinski definition) is 6. The third-order valence-corrected chi connectivity index (χ3v) is 6.51. The number of aliphatic hydroxyl groups is 1. The summed E-state index contributed by atoms with van der Waals surface area (Å²) in [5.74, 6) is 0.997. The minimum Gasteiger partial charge on any atom is -0.488 e. The molecular formula is C23H29N5O3. The number of nitrogens with zero attached hydrogens (tertiary/aromatic N) is 4. The second-order valence-corrected chi connectivity index (χ2v) is 9.17. The van der Waals surface area contributed by atoms with Crippen molar-refractivity contribution in [3.63, 3.8) is 0 Å². The SMILES string of the molecule is Cn1nc(-c2n[nH]c3ccc(OC4(C)CC4)cc23)cc(N2CCCCC(CO)C2)c1=O. The topological polar surface area (TPSA) is 96.3 Å². The average molecular weight is 424 g/mol. The van der Waals surface area contributed by atoms with Gasteiger partial charge in [0.15, 0.2) is 0 Å². The van der Waals surface area contributed by atoms with Gasteiger partial charge >= 0.3 is 0 Å². The van der Waals surface area contributed by atoms with Gasteiger partial charge in [-0.3, -0.25) is 9.89 Å². The zero-order chi connectivity index (χ0) is 21.6. The zero-order valence-corrected chi connectivity index (χ0v) is 18.1. The van der Waals surface area contributed by atoms with Crippen LogP contribution in [-0.4, -0.2) is 50.4 Å². The number of aromatic amines is 1. The first-order chi connectivity index (χ1) is 15.0. The lowest BCUT2D eigenvalue weighted by molar-refractivity contribution is 0.200. The lowest BCUT2D eigenvalue weighted by atomic mass is 10.0. The summed E-state index contributed by atoms with van der Waals surface area (Å²) >= 11 is 0. The van der Waals surface area contributed by atoms with E-state index in [0.717, 1.165) is 55.3 Å². The molecule has 164 valence electrons. The van der Waals surface area contributed by atoms with Crippen molar-refractivity contribution in [2.24, 2.45) is 13.0 Å². The molecule has 1 saturated carbocycles. The van der Waals surface area contributed by atoms with Crippen LogP contribution in [-0.2, 0) is 7.05 Å². The number of fused-ring (bicyclic) bond motifs is 1. The van der Waals surface area contributed by atoms with Crippen LogP contribution in [0.4, 0.5) is 5.69 Å². The predicted octanol–water partition coefficient (Wildman–Crippen LogP) is 2.85. The molecule has 2 aliphatic rings. The minimum absolute atomic E-state index is 0.0599. The van der Waals surface area contributed by atoms with E-state index in [9.17, 15) is 9.90 Å². The van der Waals surface area contributed by atoms with Crippen molar-refractivity contribution in [1.82, 2.24) is 20.0 Å². The third-order valence-electron chi connectivity index (χ3n) is 6.51. The molecule has 2 aromatic heterocycles. The van der Waals surface area contributed by atoms with Gasteiger partial charge < -0.3 is 14.7 Å². The number of H-pyrrole nitrogens is 1. The molecule has 1 aliphatic carbocycles. The lowest BCUT2D eigenvalue weighted by Gasteiger charge is -2.25. The standard InChI is InChI=1S/C23H29N5O3/c1-23(8-9-23)31-16-6-7-18-17(11-16)21(25-24-18)19-12-20(22(30)27(2)26-19)28-10-4-3-5-15(13-28)14-29/h6-7,11-12,15,29H,3-5,8-10,13-14H2,1-2H3,(H,24,25). The van der Waals surface area contributed by atoms with Gasteiger partial charge in [0, 0.05) is 32.1 Å². The number of aliphatic hydroxyl groups excluding tert-OH is 1. The van der Waals surface area contributed by atoms with Crippen LogP contribution in [0.25, 0.3) is 22.3 Å². The highest BCUT2D eigenvalue weighted by atomic mass is 16.5. The molecule has 3 aromatic rings. The normalized spacial score (nSPS) is 20.6. The molecule has 2 N–H and O–H groups in total. The number of aryl methyl sites for hydroxylation is 1. The second-order valence-electron chi connectivity index (χ2n) is 9.17. The lowest BCUT2D eigenvalue weighted by Crippen LogP contribution is -2.36. The highest BCUT2D eigenvalue weighted by Gasteiger charge is 2.40. The first-order valence-corrected chi connectivity index (χ1v) is 11.1. The van der Waals surface area contributed by atoms with Crippen LogP contribution >= 0.6 is 0 Å². The fourth-order valence-electron chi connectivity index (χ4n) is 4.35. The monoisotopic (exact) mass is 423 g/mol. The third kappa shape index (κ3) is 3.92. The fourth-order valence-corrected chi connectivity index (χ4v) is 4.35. The number of aromatic nitrogens is 4. The quantitative estimate of drug-likeness (QED) is 0.655. The van der Waals surface area contributed by atoms with Crippen molar-refractivity contribution >= 4 is 16.6 Å². The molecule has 8 nitrogen and oxygen atoms in total. The van der Waals surface area contributed by atoms with Crippen LogP contribution in [0.2, 0.25) is 0 Å². The molecule has 0 radical (unpaired) electrons. The van der Waals surface area contributed by atoms with Gasteiger partial charge in [0.05, 0.1) is 5.52 Å². The first-order valence-electron chi connectivity index (χ1n) is 11.1. The van der Waals surface area contributed by atoms with E-state index in [4.69, 9.17) is 4.74 Å². The Morgan fingerprint density at radius 1 is 1.29 bits per heavy atom. The largest absolute Gasteiger partial charge is 0.488 e. The van der Waals surface area contributed by atoms with Gasteiger partial charge in [-0.15, -0.1) is 0 Å². The first kappa shape index (κ1) is 20.1. The Morgan fingerprint density at radius 3 is 2.90 bits per heavy atom. The van der Waals surface area contributed by atoms with E-state index in [1.807, 2.05) is 24.3 Å². The molecule has 1 atom stereocenters. The Balaban J connectivity index is 1.55. The van der Waals surface area contributed by atoms with Gasteiger partial charge in [-0.2, -0.15) is 10.2 Å². The highest BCUT2D eigenvalue weighted by Crippen LogP contribution is 2.40. The molecule has 1 aliphatic heterocycles. The number of hydrogen-bond donors (Lipinski definition) is 2. The fraction of sp³-hybridized carbons (Fsp3) is 0.522. The van der Waals surface area contributed by atoms with Crippen molar-refractivity contribution in [1.29, 1.82) is 0 Å². The molecule has 1 saturated heterocycles. The predicted molar refractivity (Wildman–Crippen MR) is 119 cm³/mol. The number of ether oxygens (including phenoxy) is 1. The summed E-state index contributed by atoms with van der Waals surface area (Å²) in [7, 11) is 1.67. The van der Waals surface area contributed by atoms with Gasteiger partial charge in [-0.05, 0) is 62.8 Å². The summed E-state index contributed by atoms with van der Waals surface area (Å²) in [4.78, 5) is 15.0. The molecule has 8 heteroatoms. The molecule has 1 aromatic carbocycles. The van der Waals surface area contributed by atoms with E-state index in [0.29, 0.717) is 23.6 Å². The molecule has 0 bridgehead atoms. The Kier molecular flexibility index (Phi) is 4.97. The van der Waals surface area contributed by atoms with Crippen molar-refractivity contribution in [2.45, 2.75) is 44.6 Å². The summed E-state index contributed by atoms with van der Waals surface area (Å²) in [6.07, 6.45) is 5.18. The number of nitrogens with one attached hydrogen (secondary N) is 1. The van der Waals surface area contributed by atoms with Crippen LogP contribution in [0.5, 0.6) is 5.75 Å². The van der Waals surface area contributed by atoms with E-state index in [2.05, 4.69) is 27.1 Å². The summed E-state index contributed by atoms with van der Waals surface area (Å²) < 4.78 is 7.52. The molecule has 31 heavy (non-hydrogen) atoms. The van der Waals surface area contributed by atoms with Crippen molar-refractivity contribution < 1.29 is 9.84 Å². The van der Waals surface area contributed by atoms with Gasteiger partial charge in [-0.25, -0.2) is 4.68 Å². The summed E-state index contributed by atoms with van der Waals surface area (Å²) in [6.45, 7) is 3.73. The van der Waals surface area contributed by atoms with Crippen molar-refractivity contribution in [3.8, 4) is 17.1 Å². The zero-order valence-electron chi connectivity index (χ0n) is 18.1. The molecule has 0 amide bonds. The maximum absolute atomic E-state index is 12.9. The van der Waals surface area contributed by atoms with Crippen LogP contribution in [0.1, 0.15) is 39.0 Å². The number of benzene rings is 1. The van der Waals surface area contributed by atoms with Gasteiger partial charge in [0.1, 0.15) is 28.4 Å². The van der Waals surface area contributed by atoms with E-state index in [-0.39, 0.29) is 23.7 Å². The molecule has 1 unspecified atom stereocenters. The smallest absolute Gasteiger partial charge is 0.290 e. The van der Waals surface area contributed by atoms with Crippen LogP contribution in [0.3, 0.4) is 0 Å². The molecule has 5 rings (SSSR count). The maximum Gasteiger partial charge on any atom is 0.290 e. The van der Waals surface area contributed by atoms with Gasteiger partial charge in [-0.1, -0.05) is 6.42 Å². The maximum atomic E-state index is 12.9. The Morgan fingerprint density at radius 2 is 2.13 bits per heavy atom. The summed E-state index contributed by atoms with van der Waals surface area (Å²) in [5, 5.41) is 22.7. The minimum atomic E-state index is -0.132. The Hall–Kier alpha value is -2.87. The van der Waals surface area contributed by atoms with E-state index >= 15 is 0 Å². The highest BCUT2D eigenvalue weighted by molar-refractivity contribution is 5.93. The van der Waals surface area contributed by atoms with E-state index in [1.165, 1.54) is 4.68 Å². The Bertz CT molecular complexity index is 1160.